The molecule has 2 rings (SSSR count). The van der Waals surface area contributed by atoms with E-state index < -0.39 is 0 Å². The van der Waals surface area contributed by atoms with Gasteiger partial charge in [-0.1, -0.05) is 38.1 Å². The van der Waals surface area contributed by atoms with Crippen LogP contribution in [-0.2, 0) is 6.54 Å². The normalized spacial score (nSPS) is 11.7. The number of halogens is 1. The summed E-state index contributed by atoms with van der Waals surface area (Å²) in [7, 11) is 0. The van der Waals surface area contributed by atoms with Crippen LogP contribution in [0.3, 0.4) is 0 Å². The Bertz CT molecular complexity index is 635. The van der Waals surface area contributed by atoms with Crippen LogP contribution in [0.5, 0.6) is 0 Å². The molecule has 0 bridgehead atoms. The van der Waals surface area contributed by atoms with Crippen LogP contribution >= 0.6 is 0 Å². The number of hydrogen-bond donors (Lipinski definition) is 2. The summed E-state index contributed by atoms with van der Waals surface area (Å²) < 4.78 is 13.1. The van der Waals surface area contributed by atoms with Gasteiger partial charge in [-0.2, -0.15) is 0 Å². The summed E-state index contributed by atoms with van der Waals surface area (Å²) in [6.45, 7) is 4.63. The van der Waals surface area contributed by atoms with Gasteiger partial charge in [0.25, 0.3) is 0 Å². The van der Waals surface area contributed by atoms with Gasteiger partial charge in [0.2, 0.25) is 0 Å². The van der Waals surface area contributed by atoms with E-state index in [1.54, 1.807) is 6.07 Å². The first-order valence-electron chi connectivity index (χ1n) is 6.96. The monoisotopic (exact) mass is 285 g/mol. The highest BCUT2D eigenvalue weighted by atomic mass is 19.1. The number of hydrogen-bond acceptors (Lipinski definition) is 1. The predicted molar refractivity (Wildman–Crippen MR) is 85.9 cm³/mol. The zero-order chi connectivity index (χ0) is 15.2. The van der Waals surface area contributed by atoms with Gasteiger partial charge in [-0.15, -0.1) is 0 Å². The number of benzene rings is 2. The molecule has 0 atom stereocenters. The van der Waals surface area contributed by atoms with Crippen molar-refractivity contribution >= 4 is 11.6 Å². The summed E-state index contributed by atoms with van der Waals surface area (Å²) in [6.07, 6.45) is 0. The molecule has 0 aromatic heterocycles. The van der Waals surface area contributed by atoms with Crippen molar-refractivity contribution in [1.29, 1.82) is 0 Å². The fourth-order valence-electron chi connectivity index (χ4n) is 1.97. The van der Waals surface area contributed by atoms with Gasteiger partial charge in [0.15, 0.2) is 5.96 Å². The third kappa shape index (κ3) is 4.60. The summed E-state index contributed by atoms with van der Waals surface area (Å²) in [6, 6.07) is 14.4. The van der Waals surface area contributed by atoms with E-state index in [4.69, 9.17) is 5.73 Å². The first kappa shape index (κ1) is 15.0. The van der Waals surface area contributed by atoms with Crippen molar-refractivity contribution in [3.63, 3.8) is 0 Å². The molecule has 0 spiro atoms. The van der Waals surface area contributed by atoms with Gasteiger partial charge in [0.1, 0.15) is 5.82 Å². The molecule has 0 aliphatic heterocycles. The Morgan fingerprint density at radius 2 is 1.95 bits per heavy atom. The van der Waals surface area contributed by atoms with E-state index in [9.17, 15) is 4.39 Å². The first-order valence-corrected chi connectivity index (χ1v) is 6.96. The highest BCUT2D eigenvalue weighted by Gasteiger charge is 2.01. The minimum atomic E-state index is -0.265. The van der Waals surface area contributed by atoms with Gasteiger partial charge in [0, 0.05) is 5.69 Å². The number of nitrogens with two attached hydrogens (primary N) is 1. The molecule has 3 N–H and O–H groups in total. The molecule has 0 amide bonds. The third-order valence-electron chi connectivity index (χ3n) is 3.15. The topological polar surface area (TPSA) is 50.4 Å². The quantitative estimate of drug-likeness (QED) is 0.661. The van der Waals surface area contributed by atoms with E-state index >= 15 is 0 Å². The van der Waals surface area contributed by atoms with Crippen LogP contribution in [0.25, 0.3) is 0 Å². The van der Waals surface area contributed by atoms with Gasteiger partial charge >= 0.3 is 0 Å². The van der Waals surface area contributed by atoms with Gasteiger partial charge in [-0.3, -0.25) is 0 Å². The lowest BCUT2D eigenvalue weighted by atomic mass is 10.0. The number of anilines is 1. The maximum absolute atomic E-state index is 13.1. The van der Waals surface area contributed by atoms with Crippen molar-refractivity contribution in [3.8, 4) is 0 Å². The molecule has 0 fully saturated rings. The Labute approximate surface area is 124 Å². The number of guanidine groups is 1. The maximum Gasteiger partial charge on any atom is 0.193 e. The lowest BCUT2D eigenvalue weighted by Gasteiger charge is -2.10. The Hall–Kier alpha value is -2.36. The zero-order valence-corrected chi connectivity index (χ0v) is 12.3. The second-order valence-corrected chi connectivity index (χ2v) is 5.24. The Morgan fingerprint density at radius 3 is 2.67 bits per heavy atom. The minimum absolute atomic E-state index is 0.265. The lowest BCUT2D eigenvalue weighted by molar-refractivity contribution is 0.625. The maximum atomic E-state index is 13.1. The molecule has 110 valence electrons. The van der Waals surface area contributed by atoms with Gasteiger partial charge in [0.05, 0.1) is 6.54 Å². The molecule has 0 radical (unpaired) electrons. The van der Waals surface area contributed by atoms with Crippen LogP contribution in [0.4, 0.5) is 10.1 Å². The van der Waals surface area contributed by atoms with Crippen LogP contribution in [-0.4, -0.2) is 5.96 Å². The van der Waals surface area contributed by atoms with Crippen molar-refractivity contribution < 1.29 is 4.39 Å². The largest absolute Gasteiger partial charge is 0.370 e. The molecular formula is C17H20FN3. The van der Waals surface area contributed by atoms with Crippen molar-refractivity contribution in [2.24, 2.45) is 10.7 Å². The van der Waals surface area contributed by atoms with E-state index in [1.165, 1.54) is 17.7 Å². The van der Waals surface area contributed by atoms with Crippen LogP contribution in [0.15, 0.2) is 53.5 Å². The first-order chi connectivity index (χ1) is 10.0. The van der Waals surface area contributed by atoms with E-state index in [0.29, 0.717) is 18.4 Å². The summed E-state index contributed by atoms with van der Waals surface area (Å²) in [4.78, 5) is 4.22. The highest BCUT2D eigenvalue weighted by molar-refractivity contribution is 5.92. The van der Waals surface area contributed by atoms with Crippen molar-refractivity contribution in [1.82, 2.24) is 0 Å². The fourth-order valence-corrected chi connectivity index (χ4v) is 1.97. The molecule has 0 saturated carbocycles. The summed E-state index contributed by atoms with van der Waals surface area (Å²) >= 11 is 0. The molecular weight excluding hydrogens is 265 g/mol. The van der Waals surface area contributed by atoms with Crippen LogP contribution < -0.4 is 11.1 Å². The molecule has 0 aliphatic carbocycles. The molecule has 0 unspecified atom stereocenters. The Kier molecular flexibility index (Phi) is 4.93. The van der Waals surface area contributed by atoms with E-state index in [-0.39, 0.29) is 5.82 Å². The molecule has 3 nitrogen and oxygen atoms in total. The highest BCUT2D eigenvalue weighted by Crippen LogP contribution is 2.18. The van der Waals surface area contributed by atoms with Gasteiger partial charge in [-0.05, 0) is 41.3 Å². The van der Waals surface area contributed by atoms with E-state index in [1.807, 2.05) is 18.2 Å². The minimum Gasteiger partial charge on any atom is -0.370 e. The lowest BCUT2D eigenvalue weighted by Crippen LogP contribution is -2.22. The molecule has 0 aliphatic rings. The van der Waals surface area contributed by atoms with Crippen molar-refractivity contribution in [2.75, 3.05) is 5.32 Å². The van der Waals surface area contributed by atoms with Crippen molar-refractivity contribution in [3.05, 3.63) is 65.5 Å². The molecule has 4 heteroatoms. The number of aliphatic imine (C=N–C) groups is 1. The molecule has 0 heterocycles. The Morgan fingerprint density at radius 1 is 1.19 bits per heavy atom. The SMILES string of the molecule is CC(C)c1cccc(NC(N)=NCc2cccc(F)c2)c1. The Balaban J connectivity index is 2.02. The third-order valence-corrected chi connectivity index (χ3v) is 3.15. The van der Waals surface area contributed by atoms with Crippen molar-refractivity contribution in [2.45, 2.75) is 26.3 Å². The molecule has 21 heavy (non-hydrogen) atoms. The van der Waals surface area contributed by atoms with E-state index in [2.05, 4.69) is 36.3 Å². The average molecular weight is 285 g/mol. The van der Waals surface area contributed by atoms with E-state index in [0.717, 1.165) is 11.3 Å². The number of nitrogens with one attached hydrogen (secondary N) is 1. The van der Waals surface area contributed by atoms with Crippen LogP contribution in [0.1, 0.15) is 30.9 Å². The van der Waals surface area contributed by atoms with Crippen LogP contribution in [0, 0.1) is 5.82 Å². The standard InChI is InChI=1S/C17H20FN3/c1-12(2)14-6-4-8-16(10-14)21-17(19)20-11-13-5-3-7-15(18)9-13/h3-10,12H,11H2,1-2H3,(H3,19,20,21). The number of rotatable bonds is 4. The van der Waals surface area contributed by atoms with Gasteiger partial charge < -0.3 is 11.1 Å². The summed E-state index contributed by atoms with van der Waals surface area (Å²) in [5.41, 5.74) is 8.79. The van der Waals surface area contributed by atoms with Crippen LogP contribution in [0.2, 0.25) is 0 Å². The smallest absolute Gasteiger partial charge is 0.193 e. The molecule has 0 saturated heterocycles. The zero-order valence-electron chi connectivity index (χ0n) is 12.3. The molecule has 2 aromatic carbocycles. The second kappa shape index (κ2) is 6.88. The predicted octanol–water partition coefficient (Wildman–Crippen LogP) is 3.88. The second-order valence-electron chi connectivity index (χ2n) is 5.24. The average Bonchev–Trinajstić information content (AvgIpc) is 2.45. The fraction of sp³-hybridized carbons (Fsp3) is 0.235. The summed E-state index contributed by atoms with van der Waals surface area (Å²) in [5, 5.41) is 3.06. The molecule has 2 aromatic rings. The van der Waals surface area contributed by atoms with Gasteiger partial charge in [-0.25, -0.2) is 9.38 Å². The summed E-state index contributed by atoms with van der Waals surface area (Å²) in [5.74, 6) is 0.510. The number of nitrogens with zero attached hydrogens (tertiary/aromatic N) is 1.